The number of nitrogens with one attached hydrogen (secondary N) is 1. The molecule has 7 nitrogen and oxygen atoms in total. The van der Waals surface area contributed by atoms with Crippen molar-refractivity contribution >= 4 is 17.6 Å². The van der Waals surface area contributed by atoms with E-state index in [-0.39, 0.29) is 12.4 Å². The van der Waals surface area contributed by atoms with E-state index in [0.717, 1.165) is 36.2 Å². The van der Waals surface area contributed by atoms with Crippen molar-refractivity contribution in [3.63, 3.8) is 0 Å². The minimum atomic E-state index is -0.920. The highest BCUT2D eigenvalue weighted by Gasteiger charge is 2.17. The molecule has 0 saturated heterocycles. The van der Waals surface area contributed by atoms with E-state index in [1.54, 1.807) is 31.2 Å². The fourth-order valence-corrected chi connectivity index (χ4v) is 4.49. The molecule has 0 saturated carbocycles. The lowest BCUT2D eigenvalue weighted by atomic mass is 10.1. The van der Waals surface area contributed by atoms with Crippen LogP contribution in [0.15, 0.2) is 60.7 Å². The van der Waals surface area contributed by atoms with Crippen molar-refractivity contribution in [3.8, 4) is 17.2 Å². The zero-order valence-corrected chi connectivity index (χ0v) is 23.5. The molecule has 2 N–H and O–H groups in total. The Morgan fingerprint density at radius 3 is 2.28 bits per heavy atom. The summed E-state index contributed by atoms with van der Waals surface area (Å²) in [5.41, 5.74) is 4.12. The van der Waals surface area contributed by atoms with Crippen LogP contribution in [0, 0.1) is 13.8 Å². The van der Waals surface area contributed by atoms with Crippen LogP contribution in [0.4, 0.5) is 5.69 Å². The highest BCUT2D eigenvalue weighted by Crippen LogP contribution is 2.34. The number of aromatic hydroxyl groups is 1. The average molecular weight is 533 g/mol. The minimum absolute atomic E-state index is 0.134. The second kappa shape index (κ2) is 14.9. The lowest BCUT2D eigenvalue weighted by molar-refractivity contribution is -0.152. The van der Waals surface area contributed by atoms with Crippen molar-refractivity contribution < 1.29 is 24.2 Å². The van der Waals surface area contributed by atoms with Gasteiger partial charge in [-0.25, -0.2) is 4.79 Å². The summed E-state index contributed by atoms with van der Waals surface area (Å²) in [6, 6.07) is 19.2. The van der Waals surface area contributed by atoms with Gasteiger partial charge in [0, 0.05) is 24.3 Å². The number of hydrogen-bond acceptors (Lipinski definition) is 6. The predicted molar refractivity (Wildman–Crippen MR) is 154 cm³/mol. The third-order valence-electron chi connectivity index (χ3n) is 6.42. The molecule has 0 aromatic heterocycles. The van der Waals surface area contributed by atoms with Crippen molar-refractivity contribution in [1.82, 2.24) is 4.90 Å². The van der Waals surface area contributed by atoms with Gasteiger partial charge in [0.1, 0.15) is 17.2 Å². The Labute approximate surface area is 231 Å². The van der Waals surface area contributed by atoms with Gasteiger partial charge in [-0.2, -0.15) is 0 Å². The predicted octanol–water partition coefficient (Wildman–Crippen LogP) is 6.89. The number of hydrogen-bond donors (Lipinski definition) is 2. The number of aryl methyl sites for hydroxylation is 2. The number of phenols is 1. The van der Waals surface area contributed by atoms with Gasteiger partial charge in [0.25, 0.3) is 0 Å². The number of unbranched alkanes of at least 4 members (excludes halogenated alkanes) is 3. The number of ether oxygens (including phenoxy) is 2. The maximum absolute atomic E-state index is 12.0. The van der Waals surface area contributed by atoms with Crippen molar-refractivity contribution in [1.29, 1.82) is 0 Å². The Hall–Kier alpha value is -3.84. The molecule has 1 amide bonds. The fraction of sp³-hybridized carbons (Fsp3) is 0.375. The Bertz CT molecular complexity index is 1220. The van der Waals surface area contributed by atoms with E-state index in [0.29, 0.717) is 23.7 Å². The molecule has 0 fully saturated rings. The largest absolute Gasteiger partial charge is 0.508 e. The van der Waals surface area contributed by atoms with Gasteiger partial charge in [0.2, 0.25) is 0 Å². The number of amides is 1. The first-order valence-electron chi connectivity index (χ1n) is 13.7. The van der Waals surface area contributed by atoms with Gasteiger partial charge in [-0.05, 0) is 80.8 Å². The molecule has 0 radical (unpaired) electrons. The first-order chi connectivity index (χ1) is 18.8. The number of benzene rings is 3. The fourth-order valence-electron chi connectivity index (χ4n) is 4.49. The van der Waals surface area contributed by atoms with Crippen molar-refractivity contribution in [3.05, 3.63) is 82.9 Å². The van der Waals surface area contributed by atoms with E-state index in [1.165, 1.54) is 24.8 Å². The van der Waals surface area contributed by atoms with Gasteiger partial charge < -0.3 is 19.9 Å². The molecule has 0 aliphatic carbocycles. The Morgan fingerprint density at radius 2 is 1.62 bits per heavy atom. The second-order valence-corrected chi connectivity index (χ2v) is 9.76. The Morgan fingerprint density at radius 1 is 0.897 bits per heavy atom. The monoisotopic (exact) mass is 532 g/mol. The van der Waals surface area contributed by atoms with E-state index in [4.69, 9.17) is 9.47 Å². The second-order valence-electron chi connectivity index (χ2n) is 9.76. The number of rotatable bonds is 13. The van der Waals surface area contributed by atoms with Crippen molar-refractivity contribution in [2.24, 2.45) is 0 Å². The number of anilines is 1. The first kappa shape index (κ1) is 29.7. The van der Waals surface area contributed by atoms with Crippen LogP contribution in [0.5, 0.6) is 17.2 Å². The van der Waals surface area contributed by atoms with E-state index in [2.05, 4.69) is 41.4 Å². The lowest BCUT2D eigenvalue weighted by Gasteiger charge is -2.23. The van der Waals surface area contributed by atoms with Crippen LogP contribution < -0.4 is 10.1 Å². The van der Waals surface area contributed by atoms with E-state index in [9.17, 15) is 14.7 Å². The molecular formula is C32H40N2O5. The molecule has 0 atom stereocenters. The molecular weight excluding hydrogens is 492 g/mol. The van der Waals surface area contributed by atoms with Crippen LogP contribution in [-0.2, 0) is 27.4 Å². The number of nitrogens with zero attached hydrogens (tertiary/aromatic N) is 1. The summed E-state index contributed by atoms with van der Waals surface area (Å²) in [7, 11) is 0. The van der Waals surface area contributed by atoms with Crippen molar-refractivity contribution in [2.45, 2.75) is 66.5 Å². The molecule has 0 aliphatic rings. The van der Waals surface area contributed by atoms with E-state index in [1.807, 2.05) is 26.0 Å². The van der Waals surface area contributed by atoms with Crippen LogP contribution in [-0.4, -0.2) is 35.0 Å². The van der Waals surface area contributed by atoms with Gasteiger partial charge in [-0.15, -0.1) is 0 Å². The number of carbonyl (C=O) groups is 2. The summed E-state index contributed by atoms with van der Waals surface area (Å²) in [5, 5.41) is 13.3. The molecule has 3 aromatic carbocycles. The SMILES string of the molecule is CCCCCCN(Cc1ccccc1)Cc1cc(Oc2c(C)cc(NC(=O)C(=O)OCC)cc2C)ccc1O. The molecule has 0 aliphatic heterocycles. The Kier molecular flexibility index (Phi) is 11.4. The average Bonchev–Trinajstić information content (AvgIpc) is 2.91. The minimum Gasteiger partial charge on any atom is -0.508 e. The molecule has 0 heterocycles. The molecule has 3 rings (SSSR count). The highest BCUT2D eigenvalue weighted by molar-refractivity contribution is 6.37. The summed E-state index contributed by atoms with van der Waals surface area (Å²) >= 11 is 0. The normalized spacial score (nSPS) is 10.9. The van der Waals surface area contributed by atoms with Gasteiger partial charge in [-0.1, -0.05) is 56.5 Å². The molecule has 3 aromatic rings. The first-order valence-corrected chi connectivity index (χ1v) is 13.7. The van der Waals surface area contributed by atoms with Crippen LogP contribution in [0.25, 0.3) is 0 Å². The summed E-state index contributed by atoms with van der Waals surface area (Å²) < 4.78 is 11.0. The topological polar surface area (TPSA) is 88.1 Å². The van der Waals surface area contributed by atoms with Gasteiger partial charge in [-0.3, -0.25) is 9.69 Å². The number of phenolic OH excluding ortho intramolecular Hbond substituents is 1. The van der Waals surface area contributed by atoms with Gasteiger partial charge in [0.05, 0.1) is 6.61 Å². The number of carbonyl (C=O) groups excluding carboxylic acids is 2. The summed E-state index contributed by atoms with van der Waals surface area (Å²) in [6.07, 6.45) is 4.70. The number of esters is 1. The van der Waals surface area contributed by atoms with Gasteiger partial charge in [0.15, 0.2) is 0 Å². The van der Waals surface area contributed by atoms with Crippen molar-refractivity contribution in [2.75, 3.05) is 18.5 Å². The Balaban J connectivity index is 1.75. The molecule has 39 heavy (non-hydrogen) atoms. The zero-order valence-electron chi connectivity index (χ0n) is 23.5. The summed E-state index contributed by atoms with van der Waals surface area (Å²) in [4.78, 5) is 26.1. The standard InChI is InChI=1S/C32H40N2O5/c1-5-7-8-12-17-34(21-25-13-10-9-11-14-25)22-26-20-28(15-16-29(26)35)39-30-23(3)18-27(19-24(30)4)33-31(36)32(37)38-6-2/h9-11,13-16,18-20,35H,5-8,12,17,21-22H2,1-4H3,(H,33,36). The maximum Gasteiger partial charge on any atom is 0.397 e. The van der Waals surface area contributed by atoms with Crippen LogP contribution in [0.3, 0.4) is 0 Å². The van der Waals surface area contributed by atoms with E-state index >= 15 is 0 Å². The molecule has 0 bridgehead atoms. The van der Waals surface area contributed by atoms with Crippen LogP contribution in [0.2, 0.25) is 0 Å². The maximum atomic E-state index is 12.0. The smallest absolute Gasteiger partial charge is 0.397 e. The summed E-state index contributed by atoms with van der Waals surface area (Å²) in [6.45, 7) is 10.1. The zero-order chi connectivity index (χ0) is 28.2. The third-order valence-corrected chi connectivity index (χ3v) is 6.42. The molecule has 208 valence electrons. The highest BCUT2D eigenvalue weighted by atomic mass is 16.5. The van der Waals surface area contributed by atoms with E-state index < -0.39 is 11.9 Å². The van der Waals surface area contributed by atoms with Crippen LogP contribution in [0.1, 0.15) is 61.8 Å². The lowest BCUT2D eigenvalue weighted by Crippen LogP contribution is -2.25. The van der Waals surface area contributed by atoms with Gasteiger partial charge >= 0.3 is 11.9 Å². The molecule has 0 spiro atoms. The molecule has 7 heteroatoms. The molecule has 0 unspecified atom stereocenters. The van der Waals surface area contributed by atoms with Crippen LogP contribution >= 0.6 is 0 Å². The summed E-state index contributed by atoms with van der Waals surface area (Å²) in [5.74, 6) is -0.234. The third kappa shape index (κ3) is 9.14. The quantitative estimate of drug-likeness (QED) is 0.142.